The zero-order chi connectivity index (χ0) is 19.4. The Morgan fingerprint density at radius 3 is 2.52 bits per heavy atom. The molecule has 0 saturated heterocycles. The molecule has 0 aromatic heterocycles. The quantitative estimate of drug-likeness (QED) is 0.327. The summed E-state index contributed by atoms with van der Waals surface area (Å²) >= 11 is 18.6. The molecule has 0 amide bonds. The zero-order valence-electron chi connectivity index (χ0n) is 15.5. The van der Waals surface area contributed by atoms with Crippen LogP contribution in [0.5, 0.6) is 0 Å². The lowest BCUT2D eigenvalue weighted by molar-refractivity contribution is -0.137. The molecule has 1 N–H and O–H groups in total. The van der Waals surface area contributed by atoms with E-state index in [4.69, 9.17) is 39.9 Å². The van der Waals surface area contributed by atoms with Gasteiger partial charge >= 0.3 is 5.97 Å². The summed E-state index contributed by atoms with van der Waals surface area (Å²) in [5, 5.41) is 10.7. The van der Waals surface area contributed by atoms with E-state index in [1.807, 2.05) is 0 Å². The van der Waals surface area contributed by atoms with E-state index in [-0.39, 0.29) is 6.42 Å². The standard InChI is InChI=1S/C22H27Cl3O2/c23-16-12-20(24)19(21(25)13-16)7-4-6-18-15-10-9-14(11-15)17(18)5-2-1-3-8-22(26)27/h2,5,12-15,17-18H,1,3-4,6-11H2,(H,26,27)/b5-2-/t14-,15+,17-,18-/m0/s1. The van der Waals surface area contributed by atoms with Crippen LogP contribution >= 0.6 is 34.8 Å². The smallest absolute Gasteiger partial charge is 0.303 e. The summed E-state index contributed by atoms with van der Waals surface area (Å²) in [5.41, 5.74) is 1.01. The molecule has 148 valence electrons. The lowest BCUT2D eigenvalue weighted by Gasteiger charge is -2.29. The van der Waals surface area contributed by atoms with Crippen LogP contribution in [0.4, 0.5) is 0 Å². The first kappa shape index (κ1) is 21.0. The summed E-state index contributed by atoms with van der Waals surface area (Å²) in [6, 6.07) is 3.54. The number of hydrogen-bond donors (Lipinski definition) is 1. The molecule has 0 spiro atoms. The number of allylic oxidation sites excluding steroid dienone is 2. The highest BCUT2D eigenvalue weighted by Gasteiger charge is 2.45. The molecule has 2 fully saturated rings. The summed E-state index contributed by atoms with van der Waals surface area (Å²) in [6.45, 7) is 0. The van der Waals surface area contributed by atoms with E-state index in [0.29, 0.717) is 21.0 Å². The fourth-order valence-electron chi connectivity index (χ4n) is 5.13. The van der Waals surface area contributed by atoms with Gasteiger partial charge in [-0.2, -0.15) is 0 Å². The van der Waals surface area contributed by atoms with Crippen LogP contribution in [-0.2, 0) is 11.2 Å². The average molecular weight is 430 g/mol. The van der Waals surface area contributed by atoms with E-state index in [9.17, 15) is 4.79 Å². The number of carbonyl (C=O) groups is 1. The van der Waals surface area contributed by atoms with Crippen molar-refractivity contribution in [2.24, 2.45) is 23.7 Å². The summed E-state index contributed by atoms with van der Waals surface area (Å²) in [4.78, 5) is 10.6. The first-order valence-electron chi connectivity index (χ1n) is 9.97. The molecule has 2 bridgehead atoms. The molecular weight excluding hydrogens is 403 g/mol. The second-order valence-electron chi connectivity index (χ2n) is 8.03. The predicted octanol–water partition coefficient (Wildman–Crippen LogP) is 7.44. The Balaban J connectivity index is 1.53. The first-order chi connectivity index (χ1) is 13.0. The lowest BCUT2D eigenvalue weighted by Crippen LogP contribution is -2.21. The maximum Gasteiger partial charge on any atom is 0.303 e. The van der Waals surface area contributed by atoms with E-state index in [2.05, 4.69) is 12.2 Å². The van der Waals surface area contributed by atoms with E-state index in [0.717, 1.165) is 49.0 Å². The summed E-state index contributed by atoms with van der Waals surface area (Å²) < 4.78 is 0. The number of carboxylic acids is 1. The summed E-state index contributed by atoms with van der Waals surface area (Å²) in [5.74, 6) is 2.35. The highest BCUT2D eigenvalue weighted by Crippen LogP contribution is 2.54. The van der Waals surface area contributed by atoms with Gasteiger partial charge in [-0.05, 0) is 92.7 Å². The molecule has 1 aromatic carbocycles. The van der Waals surface area contributed by atoms with Gasteiger partial charge in [-0.3, -0.25) is 4.79 Å². The molecule has 0 radical (unpaired) electrons. The molecule has 1 aromatic rings. The minimum Gasteiger partial charge on any atom is -0.481 e. The second-order valence-corrected chi connectivity index (χ2v) is 9.28. The van der Waals surface area contributed by atoms with Crippen molar-refractivity contribution < 1.29 is 9.90 Å². The van der Waals surface area contributed by atoms with E-state index in [1.54, 1.807) is 12.1 Å². The number of carboxylic acid groups (broad SMARTS) is 1. The normalized spacial score (nSPS) is 26.9. The number of hydrogen-bond acceptors (Lipinski definition) is 1. The van der Waals surface area contributed by atoms with Crippen LogP contribution in [0.1, 0.15) is 56.9 Å². The van der Waals surface area contributed by atoms with Crippen LogP contribution in [0.2, 0.25) is 15.1 Å². The Labute approximate surface area is 176 Å². The summed E-state index contributed by atoms with van der Waals surface area (Å²) in [6.07, 6.45) is 13.7. The van der Waals surface area contributed by atoms with Crippen LogP contribution in [-0.4, -0.2) is 11.1 Å². The maximum atomic E-state index is 10.6. The van der Waals surface area contributed by atoms with Gasteiger partial charge in [-0.25, -0.2) is 0 Å². The van der Waals surface area contributed by atoms with Crippen molar-refractivity contribution in [2.45, 2.75) is 57.8 Å². The largest absolute Gasteiger partial charge is 0.481 e. The van der Waals surface area contributed by atoms with E-state index >= 15 is 0 Å². The van der Waals surface area contributed by atoms with Crippen molar-refractivity contribution in [1.29, 1.82) is 0 Å². The van der Waals surface area contributed by atoms with Gasteiger partial charge in [0.25, 0.3) is 0 Å². The van der Waals surface area contributed by atoms with Crippen LogP contribution in [0.15, 0.2) is 24.3 Å². The first-order valence-corrected chi connectivity index (χ1v) is 11.1. The van der Waals surface area contributed by atoms with Crippen molar-refractivity contribution in [1.82, 2.24) is 0 Å². The van der Waals surface area contributed by atoms with Gasteiger partial charge in [0.15, 0.2) is 0 Å². The molecule has 4 atom stereocenters. The van der Waals surface area contributed by atoms with Gasteiger partial charge in [-0.1, -0.05) is 47.0 Å². The van der Waals surface area contributed by atoms with E-state index < -0.39 is 5.97 Å². The molecule has 5 heteroatoms. The SMILES string of the molecule is O=C(O)CCC/C=C\[C@H]1[C@H]2CC[C@H](C2)[C@@H]1CCCc1c(Cl)cc(Cl)cc1Cl. The maximum absolute atomic E-state index is 10.6. The van der Waals surface area contributed by atoms with Crippen LogP contribution < -0.4 is 0 Å². The molecule has 0 aliphatic heterocycles. The third kappa shape index (κ3) is 5.43. The van der Waals surface area contributed by atoms with Crippen LogP contribution in [0.25, 0.3) is 0 Å². The minimum absolute atomic E-state index is 0.257. The highest BCUT2D eigenvalue weighted by molar-refractivity contribution is 6.39. The molecule has 2 nitrogen and oxygen atoms in total. The van der Waals surface area contributed by atoms with Gasteiger partial charge in [0.2, 0.25) is 0 Å². The Kier molecular flexibility index (Phi) is 7.53. The molecule has 2 aliphatic carbocycles. The Morgan fingerprint density at radius 2 is 1.81 bits per heavy atom. The van der Waals surface area contributed by atoms with E-state index in [1.165, 1.54) is 25.7 Å². The second kappa shape index (κ2) is 9.67. The van der Waals surface area contributed by atoms with Gasteiger partial charge < -0.3 is 5.11 Å². The fourth-order valence-corrected chi connectivity index (χ4v) is 6.14. The van der Waals surface area contributed by atoms with Crippen molar-refractivity contribution >= 4 is 40.8 Å². The topological polar surface area (TPSA) is 37.3 Å². The van der Waals surface area contributed by atoms with Gasteiger partial charge in [0, 0.05) is 21.5 Å². The third-order valence-electron chi connectivity index (χ3n) is 6.35. The van der Waals surface area contributed by atoms with Crippen molar-refractivity contribution in [2.75, 3.05) is 0 Å². The molecule has 2 aliphatic rings. The number of benzene rings is 1. The number of aliphatic carboxylic acids is 1. The predicted molar refractivity (Wildman–Crippen MR) is 113 cm³/mol. The number of halogens is 3. The molecule has 3 rings (SSSR count). The zero-order valence-corrected chi connectivity index (χ0v) is 17.7. The van der Waals surface area contributed by atoms with Gasteiger partial charge in [0.1, 0.15) is 0 Å². The molecule has 2 saturated carbocycles. The third-order valence-corrected chi connectivity index (χ3v) is 7.24. The van der Waals surface area contributed by atoms with Gasteiger partial charge in [0.05, 0.1) is 0 Å². The Bertz CT molecular complexity index is 678. The fraction of sp³-hybridized carbons (Fsp3) is 0.591. The molecule has 27 heavy (non-hydrogen) atoms. The minimum atomic E-state index is -0.708. The monoisotopic (exact) mass is 428 g/mol. The average Bonchev–Trinajstić information content (AvgIpc) is 3.18. The van der Waals surface area contributed by atoms with Crippen LogP contribution in [0.3, 0.4) is 0 Å². The number of rotatable bonds is 9. The molecule has 0 unspecified atom stereocenters. The Hall–Kier alpha value is -0.700. The highest BCUT2D eigenvalue weighted by atomic mass is 35.5. The number of fused-ring (bicyclic) bond motifs is 2. The molecule has 0 heterocycles. The number of unbranched alkanes of at least 4 members (excludes halogenated alkanes) is 1. The summed E-state index contributed by atoms with van der Waals surface area (Å²) in [7, 11) is 0. The lowest BCUT2D eigenvalue weighted by atomic mass is 9.76. The van der Waals surface area contributed by atoms with Crippen molar-refractivity contribution in [3.8, 4) is 0 Å². The van der Waals surface area contributed by atoms with Crippen LogP contribution in [0, 0.1) is 23.7 Å². The Morgan fingerprint density at radius 1 is 1.11 bits per heavy atom. The molecular formula is C22H27Cl3O2. The van der Waals surface area contributed by atoms with Crippen molar-refractivity contribution in [3.05, 3.63) is 44.9 Å². The van der Waals surface area contributed by atoms with Crippen molar-refractivity contribution in [3.63, 3.8) is 0 Å². The van der Waals surface area contributed by atoms with Gasteiger partial charge in [-0.15, -0.1) is 0 Å².